The molecule has 0 saturated carbocycles. The minimum Gasteiger partial charge on any atom is -0.460 e. The third-order valence-corrected chi connectivity index (χ3v) is 17.1. The van der Waals surface area contributed by atoms with Gasteiger partial charge < -0.3 is 71.4 Å². The van der Waals surface area contributed by atoms with Crippen molar-refractivity contribution in [3.63, 3.8) is 0 Å². The van der Waals surface area contributed by atoms with E-state index in [4.69, 9.17) is 39.7 Å². The van der Waals surface area contributed by atoms with Crippen LogP contribution in [0.2, 0.25) is 0 Å². The van der Waals surface area contributed by atoms with Gasteiger partial charge in [-0.05, 0) is 150 Å². The molecule has 0 radical (unpaired) electrons. The first kappa shape index (κ1) is 99.0. The molecule has 6 atom stereocenters. The Labute approximate surface area is 660 Å². The quantitative estimate of drug-likeness (QED) is 0.00771. The van der Waals surface area contributed by atoms with Gasteiger partial charge in [0, 0.05) is 101 Å². The van der Waals surface area contributed by atoms with Gasteiger partial charge in [0.05, 0.1) is 64.8 Å². The number of esters is 3. The van der Waals surface area contributed by atoms with Crippen molar-refractivity contribution in [1.29, 1.82) is 0 Å². The van der Waals surface area contributed by atoms with Crippen molar-refractivity contribution < 1.29 is 95.5 Å². The molecule has 9 N–H and O–H groups in total. The summed E-state index contributed by atoms with van der Waals surface area (Å²) in [6.45, 7) is 17.8. The molecular formula is C81H127N11O20. The molecule has 7 amide bonds. The number of carbonyl (C=O) groups excluding carboxylic acids is 14. The molecule has 0 aromatic heterocycles. The topological polar surface area (TPSA) is 453 Å². The number of nitrogens with zero attached hydrogens (tertiary/aromatic N) is 3. The van der Waals surface area contributed by atoms with Crippen LogP contribution in [0.15, 0.2) is 65.8 Å². The lowest BCUT2D eigenvalue weighted by Gasteiger charge is -2.27. The molecule has 2 aromatic rings. The first-order chi connectivity index (χ1) is 53.1. The first-order valence-electron chi connectivity index (χ1n) is 39.4. The molecule has 2 rings (SSSR count). The van der Waals surface area contributed by atoms with Gasteiger partial charge in [-0.15, -0.1) is 0 Å². The van der Waals surface area contributed by atoms with E-state index in [2.05, 4.69) is 47.2 Å². The summed E-state index contributed by atoms with van der Waals surface area (Å²) in [7, 11) is 0. The Bertz CT molecular complexity index is 3300. The average molecular weight is 1570 g/mol. The molecule has 0 bridgehead atoms. The van der Waals surface area contributed by atoms with Gasteiger partial charge in [0.25, 0.3) is 0 Å². The number of nitrogens with two attached hydrogens (primary N) is 1. The minimum absolute atomic E-state index is 0.0104. The van der Waals surface area contributed by atoms with E-state index < -0.39 is 88.6 Å². The van der Waals surface area contributed by atoms with Gasteiger partial charge in [-0.3, -0.25) is 52.7 Å². The van der Waals surface area contributed by atoms with E-state index >= 15 is 0 Å². The van der Waals surface area contributed by atoms with Gasteiger partial charge in [0.2, 0.25) is 29.5 Å². The number of benzene rings is 2. The Hall–Kier alpha value is -9.03. The number of amides is 7. The van der Waals surface area contributed by atoms with Crippen molar-refractivity contribution in [2.24, 2.45) is 22.7 Å². The Kier molecular flexibility index (Phi) is 49.7. The first-order valence-corrected chi connectivity index (χ1v) is 39.4. The fraction of sp³-hybridized carbons (Fsp3) is 0.679. The smallest absolute Gasteiger partial charge is 0.329 e. The fourth-order valence-electron chi connectivity index (χ4n) is 11.4. The number of ether oxygens (including phenoxy) is 6. The second kappa shape index (κ2) is 56.2. The number of azide groups is 1. The third-order valence-electron chi connectivity index (χ3n) is 17.1. The molecule has 0 aliphatic heterocycles. The van der Waals surface area contributed by atoms with Gasteiger partial charge in [0.1, 0.15) is 40.5 Å². The summed E-state index contributed by atoms with van der Waals surface area (Å²) in [5, 5.41) is 22.4. The van der Waals surface area contributed by atoms with E-state index in [1.54, 1.807) is 69.2 Å². The van der Waals surface area contributed by atoms with Gasteiger partial charge in [-0.1, -0.05) is 98.4 Å². The van der Waals surface area contributed by atoms with Gasteiger partial charge in [0.15, 0.2) is 17.3 Å². The average Bonchev–Trinajstić information content (AvgIpc) is 0.874. The standard InChI is InChI=1S/C81H127N11O20/c1-11-68(96)64(33-24-25-42-84-70(98)39-36-63(95)56-86-72(100)55-82)89-75(103)59(31-26-43-87-92-83)53-62(94)41-45-107-47-49-109-50-48-108-46-44-85-74(102)60(51-57-27-18-16-19-28-57)54-69(97)67(52-58-29-20-17-21-30-58)88-71(99)34-23-15-13-12-14-22-32-61(93)35-37-65(76(104)111-80(5,6)7)90-78(106)91-66(77(105)112-81(8,9)10)38-40-73(101)110-79(2,3)4/h16-21,27-30,59-60,64-67H,11-15,22-26,31-56,82H2,1-10H3,(H,84,98)(H,85,102)(H,86,100)(H,88,99)(H,89,103)(H2,90,91,106)/t59-,60-,64+,65+,66+,67+/m1/s1. The normalized spacial score (nSPS) is 13.0. The van der Waals surface area contributed by atoms with Crippen molar-refractivity contribution in [3.05, 3.63) is 82.2 Å². The maximum absolute atomic E-state index is 14.3. The summed E-state index contributed by atoms with van der Waals surface area (Å²) in [5.74, 6) is -6.81. The molecule has 112 heavy (non-hydrogen) atoms. The molecule has 626 valence electrons. The zero-order valence-electron chi connectivity index (χ0n) is 67.8. The lowest BCUT2D eigenvalue weighted by molar-refractivity contribution is -0.159. The number of carbonyl (C=O) groups is 14. The zero-order chi connectivity index (χ0) is 83.3. The lowest BCUT2D eigenvalue weighted by atomic mass is 9.89. The summed E-state index contributed by atoms with van der Waals surface area (Å²) in [6.07, 6.45) is 6.20. The van der Waals surface area contributed by atoms with E-state index in [-0.39, 0.29) is 215 Å². The Balaban J connectivity index is 1.85. The highest BCUT2D eigenvalue weighted by Gasteiger charge is 2.34. The van der Waals surface area contributed by atoms with Gasteiger partial charge >= 0.3 is 23.9 Å². The van der Waals surface area contributed by atoms with E-state index in [1.165, 1.54) is 0 Å². The largest absolute Gasteiger partial charge is 0.460 e. The Morgan fingerprint density at radius 2 is 0.991 bits per heavy atom. The predicted octanol–water partition coefficient (Wildman–Crippen LogP) is 8.24. The molecule has 0 spiro atoms. The van der Waals surface area contributed by atoms with Crippen LogP contribution in [-0.2, 0) is 104 Å². The number of rotatable bonds is 61. The second-order valence-corrected chi connectivity index (χ2v) is 30.6. The van der Waals surface area contributed by atoms with Crippen LogP contribution in [0.5, 0.6) is 0 Å². The van der Waals surface area contributed by atoms with Crippen LogP contribution in [0.25, 0.3) is 10.4 Å². The maximum Gasteiger partial charge on any atom is 0.329 e. The maximum atomic E-state index is 14.3. The molecule has 0 heterocycles. The Morgan fingerprint density at radius 1 is 0.438 bits per heavy atom. The van der Waals surface area contributed by atoms with Crippen LogP contribution in [0.3, 0.4) is 0 Å². The fourth-order valence-corrected chi connectivity index (χ4v) is 11.4. The number of hydrogen-bond acceptors (Lipinski definition) is 22. The molecule has 0 unspecified atom stereocenters. The van der Waals surface area contributed by atoms with Crippen molar-refractivity contribution >= 4 is 82.4 Å². The van der Waals surface area contributed by atoms with Crippen molar-refractivity contribution in [3.8, 4) is 0 Å². The summed E-state index contributed by atoms with van der Waals surface area (Å²) < 4.78 is 33.4. The van der Waals surface area contributed by atoms with Crippen molar-refractivity contribution in [2.75, 3.05) is 72.4 Å². The van der Waals surface area contributed by atoms with Gasteiger partial charge in [-0.25, -0.2) is 14.4 Å². The summed E-state index contributed by atoms with van der Waals surface area (Å²) in [6, 6.07) is 13.5. The third kappa shape index (κ3) is 50.1. The number of hydrogen-bond donors (Lipinski definition) is 8. The molecule has 31 heteroatoms. The Morgan fingerprint density at radius 3 is 1.56 bits per heavy atom. The number of ketones is 5. The number of unbranched alkanes of at least 4 members (excludes halogenated alkanes) is 6. The molecule has 0 fully saturated rings. The molecule has 0 aliphatic carbocycles. The van der Waals surface area contributed by atoms with Gasteiger partial charge in [-0.2, -0.15) is 0 Å². The van der Waals surface area contributed by atoms with E-state index in [9.17, 15) is 67.1 Å². The highest BCUT2D eigenvalue weighted by Crippen LogP contribution is 2.21. The highest BCUT2D eigenvalue weighted by molar-refractivity contribution is 5.94. The van der Waals surface area contributed by atoms with Crippen LogP contribution >= 0.6 is 0 Å². The van der Waals surface area contributed by atoms with Crippen LogP contribution in [-0.4, -0.2) is 196 Å². The second-order valence-electron chi connectivity index (χ2n) is 30.6. The van der Waals surface area contributed by atoms with Crippen LogP contribution in [0.4, 0.5) is 4.79 Å². The highest BCUT2D eigenvalue weighted by atomic mass is 16.6. The predicted molar refractivity (Wildman–Crippen MR) is 419 cm³/mol. The molecule has 0 saturated heterocycles. The van der Waals surface area contributed by atoms with Crippen molar-refractivity contribution in [1.82, 2.24) is 37.2 Å². The molecule has 0 aliphatic rings. The van der Waals surface area contributed by atoms with Crippen LogP contribution in [0, 0.1) is 11.8 Å². The summed E-state index contributed by atoms with van der Waals surface area (Å²) in [5.41, 5.74) is 13.1. The van der Waals surface area contributed by atoms with Crippen LogP contribution in [0.1, 0.15) is 228 Å². The molecule has 2 aromatic carbocycles. The van der Waals surface area contributed by atoms with Crippen molar-refractivity contribution in [2.45, 2.75) is 271 Å². The van der Waals surface area contributed by atoms with E-state index in [0.717, 1.165) is 36.8 Å². The van der Waals surface area contributed by atoms with Crippen LogP contribution < -0.4 is 43.0 Å². The summed E-state index contributed by atoms with van der Waals surface area (Å²) >= 11 is 0. The SMILES string of the molecule is CCC(=O)[C@H](CCCCNC(=O)CCC(=O)CNC(=O)CN)NC(=O)[C@H](CCCN=[N+]=[N-])CC(=O)CCOCCOCCOCCNC(=O)[C@@H](CC(=O)[C@H](Cc1ccccc1)NC(=O)CCCCCCCCC(=O)CC[C@H](NC(=O)N[C@@H](CCC(=O)OC(C)(C)C)C(=O)OC(C)(C)C)C(=O)OC(C)(C)C)Cc1ccccc1. The zero-order valence-corrected chi connectivity index (χ0v) is 67.8. The van der Waals surface area contributed by atoms with E-state index in [0.29, 0.717) is 38.5 Å². The lowest BCUT2D eigenvalue weighted by Crippen LogP contribution is -2.53. The number of urea groups is 1. The molecular weight excluding hydrogens is 1450 g/mol. The molecule has 31 nitrogen and oxygen atoms in total. The summed E-state index contributed by atoms with van der Waals surface area (Å²) in [4.78, 5) is 185. The number of nitrogens with one attached hydrogen (secondary N) is 7. The minimum atomic E-state index is -1.27. The van der Waals surface area contributed by atoms with E-state index in [1.807, 2.05) is 60.7 Å². The number of Topliss-reactive ketones (excluding diaryl/α,β-unsaturated/α-hetero) is 5. The monoisotopic (exact) mass is 1570 g/mol.